The number of nitrogens with one attached hydrogen (secondary N) is 1. The molecule has 0 heterocycles. The number of hydrogen-bond acceptors (Lipinski definition) is 3. The Bertz CT molecular complexity index is 640. The Kier molecular flexibility index (Phi) is 5.05. The van der Waals surface area contributed by atoms with E-state index >= 15 is 0 Å². The highest BCUT2D eigenvalue weighted by molar-refractivity contribution is 9.10. The van der Waals surface area contributed by atoms with Crippen LogP contribution in [0, 0.1) is 18.2 Å². The molecule has 1 aromatic carbocycles. The molecule has 0 bridgehead atoms. The Hall–Kier alpha value is -1.43. The van der Waals surface area contributed by atoms with Crippen molar-refractivity contribution in [1.29, 1.82) is 0 Å². The van der Waals surface area contributed by atoms with Gasteiger partial charge in [0.25, 0.3) is 0 Å². The van der Waals surface area contributed by atoms with E-state index in [1.165, 1.54) is 0 Å². The summed E-state index contributed by atoms with van der Waals surface area (Å²) in [5.41, 5.74) is 5.04. The van der Waals surface area contributed by atoms with E-state index in [9.17, 15) is 17.6 Å². The van der Waals surface area contributed by atoms with Gasteiger partial charge in [-0.3, -0.25) is 4.79 Å². The topological polar surface area (TPSA) is 89.3 Å². The highest BCUT2D eigenvalue weighted by atomic mass is 79.9. The highest BCUT2D eigenvalue weighted by Crippen LogP contribution is 2.22. The summed E-state index contributed by atoms with van der Waals surface area (Å²) in [6.45, 7) is 0. The van der Waals surface area contributed by atoms with Crippen LogP contribution in [0.4, 0.5) is 4.39 Å². The number of nitrogens with two attached hydrogens (primary N) is 1. The van der Waals surface area contributed by atoms with Crippen LogP contribution in [-0.2, 0) is 14.8 Å². The van der Waals surface area contributed by atoms with Crippen molar-refractivity contribution in [2.45, 2.75) is 17.4 Å². The van der Waals surface area contributed by atoms with Crippen molar-refractivity contribution in [2.24, 2.45) is 5.73 Å². The number of amides is 1. The molecule has 0 unspecified atom stereocenters. The molecule has 8 heteroatoms. The van der Waals surface area contributed by atoms with Crippen molar-refractivity contribution < 1.29 is 17.6 Å². The Morgan fingerprint density at radius 3 is 2.68 bits per heavy atom. The molecule has 102 valence electrons. The van der Waals surface area contributed by atoms with E-state index in [-0.39, 0.29) is 15.8 Å². The summed E-state index contributed by atoms with van der Waals surface area (Å²) in [6, 6.07) is 1.83. The third-order valence-electron chi connectivity index (χ3n) is 2.15. The van der Waals surface area contributed by atoms with Gasteiger partial charge < -0.3 is 5.73 Å². The Morgan fingerprint density at radius 2 is 2.21 bits per heavy atom. The molecule has 0 radical (unpaired) electrons. The zero-order chi connectivity index (χ0) is 14.6. The molecule has 0 aliphatic carbocycles. The molecule has 0 fully saturated rings. The van der Waals surface area contributed by atoms with Gasteiger partial charge in [0.05, 0.1) is 4.90 Å². The quantitative estimate of drug-likeness (QED) is 0.769. The number of benzene rings is 1. The van der Waals surface area contributed by atoms with Crippen molar-refractivity contribution in [1.82, 2.24) is 4.72 Å². The minimum Gasteiger partial charge on any atom is -0.368 e. The summed E-state index contributed by atoms with van der Waals surface area (Å²) in [4.78, 5) is 10.9. The molecule has 5 nitrogen and oxygen atoms in total. The zero-order valence-electron chi connectivity index (χ0n) is 9.56. The summed E-state index contributed by atoms with van der Waals surface area (Å²) in [6.07, 6.45) is 4.85. The number of sulfonamides is 1. The predicted molar refractivity (Wildman–Crippen MR) is 70.9 cm³/mol. The van der Waals surface area contributed by atoms with Gasteiger partial charge in [0.15, 0.2) is 0 Å². The second-order valence-electron chi connectivity index (χ2n) is 3.56. The summed E-state index contributed by atoms with van der Waals surface area (Å²) in [5.74, 6) is 0.662. The fourth-order valence-corrected chi connectivity index (χ4v) is 3.52. The molecule has 0 aromatic heterocycles. The minimum atomic E-state index is -4.03. The lowest BCUT2D eigenvalue weighted by molar-refractivity contribution is -0.119. The van der Waals surface area contributed by atoms with Crippen LogP contribution in [0.5, 0.6) is 0 Å². The van der Waals surface area contributed by atoms with Gasteiger partial charge in [-0.2, -0.15) is 4.72 Å². The van der Waals surface area contributed by atoms with Crippen molar-refractivity contribution >= 4 is 31.9 Å². The summed E-state index contributed by atoms with van der Waals surface area (Å²) in [5, 5.41) is 0. The second-order valence-corrected chi connectivity index (χ2v) is 6.10. The number of carbonyl (C=O) groups excluding carboxylic acids is 1. The maximum absolute atomic E-state index is 12.9. The molecule has 0 aliphatic heterocycles. The van der Waals surface area contributed by atoms with Gasteiger partial charge in [-0.15, -0.1) is 12.3 Å². The third-order valence-corrected chi connectivity index (χ3v) is 4.59. The lowest BCUT2D eigenvalue weighted by Crippen LogP contribution is -2.44. The first kappa shape index (κ1) is 15.6. The number of carbonyl (C=O) groups is 1. The summed E-state index contributed by atoms with van der Waals surface area (Å²) < 4.78 is 39.0. The van der Waals surface area contributed by atoms with Crippen LogP contribution in [0.25, 0.3) is 0 Å². The Labute approximate surface area is 118 Å². The average Bonchev–Trinajstić information content (AvgIpc) is 2.27. The van der Waals surface area contributed by atoms with E-state index in [4.69, 9.17) is 12.2 Å². The smallest absolute Gasteiger partial charge is 0.242 e. The van der Waals surface area contributed by atoms with Crippen LogP contribution >= 0.6 is 15.9 Å². The molecule has 1 atom stereocenters. The molecule has 0 saturated heterocycles. The monoisotopic (exact) mass is 348 g/mol. The molecule has 1 amide bonds. The highest BCUT2D eigenvalue weighted by Gasteiger charge is 2.25. The predicted octanol–water partition coefficient (Wildman–Crippen LogP) is 0.744. The second kappa shape index (κ2) is 6.14. The van der Waals surface area contributed by atoms with Crippen LogP contribution in [0.1, 0.15) is 6.42 Å². The van der Waals surface area contributed by atoms with Crippen LogP contribution < -0.4 is 10.5 Å². The van der Waals surface area contributed by atoms with Gasteiger partial charge in [-0.1, -0.05) is 0 Å². The lowest BCUT2D eigenvalue weighted by Gasteiger charge is -2.14. The van der Waals surface area contributed by atoms with E-state index < -0.39 is 27.8 Å². The SMILES string of the molecule is C#CC[C@H](NS(=O)(=O)c1ccc(F)cc1Br)C(N)=O. The van der Waals surface area contributed by atoms with Gasteiger partial charge in [-0.05, 0) is 34.1 Å². The molecule has 0 spiro atoms. The van der Waals surface area contributed by atoms with Gasteiger partial charge in [0, 0.05) is 10.9 Å². The van der Waals surface area contributed by atoms with Crippen molar-refractivity contribution in [3.05, 3.63) is 28.5 Å². The summed E-state index contributed by atoms with van der Waals surface area (Å²) in [7, 11) is -4.03. The molecular weight excluding hydrogens is 339 g/mol. The number of terminal acetylenes is 1. The standard InChI is InChI=1S/C11H10BrFN2O3S/c1-2-3-9(11(14)16)15-19(17,18)10-5-4-7(13)6-8(10)12/h1,4-6,9,15H,3H2,(H2,14,16)/t9-/m0/s1. The van der Waals surface area contributed by atoms with E-state index in [1.807, 2.05) is 0 Å². The molecule has 0 aliphatic rings. The Morgan fingerprint density at radius 1 is 1.58 bits per heavy atom. The van der Waals surface area contributed by atoms with Crippen molar-refractivity contribution in [3.63, 3.8) is 0 Å². The number of halogens is 2. The van der Waals surface area contributed by atoms with Gasteiger partial charge in [0.2, 0.25) is 15.9 Å². The van der Waals surface area contributed by atoms with Gasteiger partial charge in [0.1, 0.15) is 11.9 Å². The first-order chi connectivity index (χ1) is 8.77. The van der Waals surface area contributed by atoms with Crippen LogP contribution in [0.15, 0.2) is 27.6 Å². The van der Waals surface area contributed by atoms with Crippen molar-refractivity contribution in [2.75, 3.05) is 0 Å². The van der Waals surface area contributed by atoms with Crippen LogP contribution in [0.3, 0.4) is 0 Å². The van der Waals surface area contributed by atoms with E-state index in [0.717, 1.165) is 18.2 Å². The summed E-state index contributed by atoms with van der Waals surface area (Å²) >= 11 is 2.93. The van der Waals surface area contributed by atoms with Gasteiger partial charge >= 0.3 is 0 Å². The molecule has 3 N–H and O–H groups in total. The fraction of sp³-hybridized carbons (Fsp3) is 0.182. The molecule has 0 saturated carbocycles. The Balaban J connectivity index is 3.11. The molecule has 1 rings (SSSR count). The van der Waals surface area contributed by atoms with Gasteiger partial charge in [-0.25, -0.2) is 12.8 Å². The minimum absolute atomic E-state index is 0.0314. The fourth-order valence-electron chi connectivity index (χ4n) is 1.26. The zero-order valence-corrected chi connectivity index (χ0v) is 12.0. The number of hydrogen-bond donors (Lipinski definition) is 2. The number of primary amides is 1. The lowest BCUT2D eigenvalue weighted by atomic mass is 10.2. The van der Waals surface area contributed by atoms with Crippen LogP contribution in [0.2, 0.25) is 0 Å². The molecule has 1 aromatic rings. The molecule has 19 heavy (non-hydrogen) atoms. The largest absolute Gasteiger partial charge is 0.368 e. The first-order valence-corrected chi connectivity index (χ1v) is 7.25. The number of rotatable bonds is 5. The van der Waals surface area contributed by atoms with E-state index in [2.05, 4.69) is 26.6 Å². The van der Waals surface area contributed by atoms with E-state index in [0.29, 0.717) is 0 Å². The maximum Gasteiger partial charge on any atom is 0.242 e. The maximum atomic E-state index is 12.9. The molecular formula is C11H10BrFN2O3S. The average molecular weight is 349 g/mol. The van der Waals surface area contributed by atoms with Crippen molar-refractivity contribution in [3.8, 4) is 12.3 Å². The first-order valence-electron chi connectivity index (χ1n) is 4.98. The van der Waals surface area contributed by atoms with E-state index in [1.54, 1.807) is 0 Å². The van der Waals surface area contributed by atoms with Crippen LogP contribution in [-0.4, -0.2) is 20.4 Å². The third kappa shape index (κ3) is 4.02. The normalized spacial score (nSPS) is 12.7.